The van der Waals surface area contributed by atoms with Crippen LogP contribution in [0.2, 0.25) is 13.1 Å². The minimum absolute atomic E-state index is 0.0145. The molecular weight excluding hydrogens is 216 g/mol. The first kappa shape index (κ1) is 13.1. The fraction of sp³-hybridized carbons (Fsp3) is 0.462. The topological polar surface area (TPSA) is 26.3 Å². The third kappa shape index (κ3) is 3.28. The van der Waals surface area contributed by atoms with E-state index in [1.54, 1.807) is 0 Å². The number of carbonyl (C=O) groups is 1. The zero-order valence-corrected chi connectivity index (χ0v) is 11.4. The number of rotatable bonds is 5. The molecule has 1 rings (SSSR count). The Morgan fingerprint density at radius 3 is 2.25 bits per heavy atom. The lowest BCUT2D eigenvalue weighted by molar-refractivity contribution is -0.112. The van der Waals surface area contributed by atoms with Gasteiger partial charge in [-0.25, -0.2) is 0 Å². The van der Waals surface area contributed by atoms with Gasteiger partial charge in [-0.1, -0.05) is 37.3 Å². The van der Waals surface area contributed by atoms with Gasteiger partial charge in [0.05, 0.1) is 6.10 Å². The molecular formula is C13H20O2Si. The summed E-state index contributed by atoms with van der Waals surface area (Å²) in [5.41, 5.74) is 0. The van der Waals surface area contributed by atoms with Gasteiger partial charge in [0.1, 0.15) is 6.29 Å². The Kier molecular flexibility index (Phi) is 4.44. The summed E-state index contributed by atoms with van der Waals surface area (Å²) in [5, 5.41) is 1.26. The van der Waals surface area contributed by atoms with Crippen LogP contribution in [0.1, 0.15) is 13.8 Å². The molecule has 0 aromatic heterocycles. The van der Waals surface area contributed by atoms with Gasteiger partial charge < -0.3 is 9.22 Å². The largest absolute Gasteiger partial charge is 0.410 e. The van der Waals surface area contributed by atoms with Crippen LogP contribution in [0, 0.1) is 5.92 Å². The van der Waals surface area contributed by atoms with Crippen molar-refractivity contribution in [2.24, 2.45) is 5.92 Å². The molecule has 0 unspecified atom stereocenters. The van der Waals surface area contributed by atoms with Crippen molar-refractivity contribution in [3.05, 3.63) is 30.3 Å². The SMILES string of the molecule is C[C@H](C=O)[C@@H](C)O[Si](C)(C)c1ccccc1. The maximum Gasteiger partial charge on any atom is 0.218 e. The molecule has 1 aromatic rings. The third-order valence-electron chi connectivity index (χ3n) is 2.90. The average Bonchev–Trinajstić information content (AvgIpc) is 2.28. The molecule has 1 aromatic carbocycles. The number of carbonyl (C=O) groups excluding carboxylic acids is 1. The Morgan fingerprint density at radius 1 is 1.19 bits per heavy atom. The van der Waals surface area contributed by atoms with Crippen LogP contribution < -0.4 is 5.19 Å². The van der Waals surface area contributed by atoms with Crippen LogP contribution in [0.3, 0.4) is 0 Å². The fourth-order valence-electron chi connectivity index (χ4n) is 1.59. The minimum atomic E-state index is -1.88. The molecule has 0 radical (unpaired) electrons. The van der Waals surface area contributed by atoms with Gasteiger partial charge in [-0.2, -0.15) is 0 Å². The molecule has 0 heterocycles. The second kappa shape index (κ2) is 5.41. The van der Waals surface area contributed by atoms with Crippen LogP contribution in [0.4, 0.5) is 0 Å². The quantitative estimate of drug-likeness (QED) is 0.579. The van der Waals surface area contributed by atoms with E-state index in [-0.39, 0.29) is 12.0 Å². The van der Waals surface area contributed by atoms with E-state index < -0.39 is 8.32 Å². The van der Waals surface area contributed by atoms with Crippen molar-refractivity contribution >= 4 is 19.8 Å². The summed E-state index contributed by atoms with van der Waals surface area (Å²) >= 11 is 0. The Balaban J connectivity index is 2.76. The van der Waals surface area contributed by atoms with Gasteiger partial charge >= 0.3 is 0 Å². The molecule has 0 amide bonds. The predicted molar refractivity (Wildman–Crippen MR) is 69.3 cm³/mol. The number of aldehydes is 1. The van der Waals surface area contributed by atoms with E-state index in [0.29, 0.717) is 0 Å². The Bertz CT molecular complexity index is 335. The molecule has 0 aliphatic rings. The van der Waals surface area contributed by atoms with Crippen molar-refractivity contribution in [2.45, 2.75) is 33.0 Å². The van der Waals surface area contributed by atoms with Gasteiger partial charge in [-0.15, -0.1) is 0 Å². The van der Waals surface area contributed by atoms with Crippen molar-refractivity contribution in [1.82, 2.24) is 0 Å². The van der Waals surface area contributed by atoms with Gasteiger partial charge in [0.15, 0.2) is 0 Å². The van der Waals surface area contributed by atoms with Crippen molar-refractivity contribution < 1.29 is 9.22 Å². The third-order valence-corrected chi connectivity index (χ3v) is 5.59. The Labute approximate surface area is 98.8 Å². The molecule has 0 fully saturated rings. The Morgan fingerprint density at radius 2 is 1.75 bits per heavy atom. The summed E-state index contributed by atoms with van der Waals surface area (Å²) in [6.45, 7) is 8.19. The first-order valence-electron chi connectivity index (χ1n) is 5.66. The van der Waals surface area contributed by atoms with Gasteiger partial charge in [0.2, 0.25) is 8.32 Å². The molecule has 2 atom stereocenters. The molecule has 0 saturated carbocycles. The smallest absolute Gasteiger partial charge is 0.218 e. The first-order chi connectivity index (χ1) is 7.47. The van der Waals surface area contributed by atoms with Crippen molar-refractivity contribution in [1.29, 1.82) is 0 Å². The lowest BCUT2D eigenvalue weighted by Gasteiger charge is -2.29. The highest BCUT2D eigenvalue weighted by Crippen LogP contribution is 2.13. The predicted octanol–water partition coefficient (Wildman–Crippen LogP) is 2.34. The molecule has 88 valence electrons. The van der Waals surface area contributed by atoms with Gasteiger partial charge in [0.25, 0.3) is 0 Å². The maximum absolute atomic E-state index is 10.7. The van der Waals surface area contributed by atoms with E-state index in [4.69, 9.17) is 4.43 Å². The van der Waals surface area contributed by atoms with Gasteiger partial charge in [-0.05, 0) is 25.2 Å². The van der Waals surface area contributed by atoms with Gasteiger partial charge in [0, 0.05) is 5.92 Å². The van der Waals surface area contributed by atoms with E-state index in [1.165, 1.54) is 5.19 Å². The summed E-state index contributed by atoms with van der Waals surface area (Å²) in [6, 6.07) is 10.3. The molecule has 2 nitrogen and oxygen atoms in total. The number of hydrogen-bond donors (Lipinski definition) is 0. The van der Waals surface area contributed by atoms with Gasteiger partial charge in [-0.3, -0.25) is 0 Å². The summed E-state index contributed by atoms with van der Waals surface area (Å²) in [7, 11) is -1.88. The normalized spacial score (nSPS) is 15.5. The zero-order valence-electron chi connectivity index (χ0n) is 10.4. The van der Waals surface area contributed by atoms with Crippen molar-refractivity contribution in [3.8, 4) is 0 Å². The summed E-state index contributed by atoms with van der Waals surface area (Å²) < 4.78 is 6.08. The van der Waals surface area contributed by atoms with Crippen LogP contribution in [0.15, 0.2) is 30.3 Å². The van der Waals surface area contributed by atoms with Crippen LogP contribution in [-0.2, 0) is 9.22 Å². The molecule has 0 spiro atoms. The standard InChI is InChI=1S/C13H20O2Si/c1-11(10-14)12(2)15-16(3,4)13-8-6-5-7-9-13/h5-12H,1-4H3/t11-,12-/m1/s1. The highest BCUT2D eigenvalue weighted by molar-refractivity contribution is 6.84. The summed E-state index contributed by atoms with van der Waals surface area (Å²) in [5.74, 6) is -0.0458. The monoisotopic (exact) mass is 236 g/mol. The lowest BCUT2D eigenvalue weighted by Crippen LogP contribution is -2.48. The van der Waals surface area contributed by atoms with Crippen LogP contribution >= 0.6 is 0 Å². The second-order valence-electron chi connectivity index (χ2n) is 4.69. The molecule has 0 aliphatic carbocycles. The summed E-state index contributed by atoms with van der Waals surface area (Å²) in [6.07, 6.45) is 0.944. The fourth-order valence-corrected chi connectivity index (χ4v) is 3.87. The molecule has 3 heteroatoms. The van der Waals surface area contributed by atoms with Crippen LogP contribution in [-0.4, -0.2) is 20.7 Å². The van der Waals surface area contributed by atoms with E-state index in [9.17, 15) is 4.79 Å². The zero-order chi connectivity index (χ0) is 12.2. The van der Waals surface area contributed by atoms with E-state index in [2.05, 4.69) is 25.2 Å². The van der Waals surface area contributed by atoms with Crippen molar-refractivity contribution in [2.75, 3.05) is 0 Å². The second-order valence-corrected chi connectivity index (χ2v) is 8.53. The molecule has 16 heavy (non-hydrogen) atoms. The number of benzene rings is 1. The molecule has 0 N–H and O–H groups in total. The lowest BCUT2D eigenvalue weighted by atomic mass is 10.1. The minimum Gasteiger partial charge on any atom is -0.410 e. The maximum atomic E-state index is 10.7. The Hall–Kier alpha value is -0.933. The van der Waals surface area contributed by atoms with Crippen molar-refractivity contribution in [3.63, 3.8) is 0 Å². The molecule has 0 aliphatic heterocycles. The van der Waals surface area contributed by atoms with Crippen LogP contribution in [0.5, 0.6) is 0 Å². The first-order valence-corrected chi connectivity index (χ1v) is 8.57. The highest BCUT2D eigenvalue weighted by Gasteiger charge is 2.29. The number of hydrogen-bond acceptors (Lipinski definition) is 2. The molecule has 0 bridgehead atoms. The highest BCUT2D eigenvalue weighted by atomic mass is 28.4. The van der Waals surface area contributed by atoms with E-state index in [1.807, 2.05) is 32.0 Å². The van der Waals surface area contributed by atoms with E-state index >= 15 is 0 Å². The van der Waals surface area contributed by atoms with E-state index in [0.717, 1.165) is 6.29 Å². The molecule has 0 saturated heterocycles. The average molecular weight is 236 g/mol. The summed E-state index contributed by atoms with van der Waals surface area (Å²) in [4.78, 5) is 10.7. The van der Waals surface area contributed by atoms with Crippen LogP contribution in [0.25, 0.3) is 0 Å².